The summed E-state index contributed by atoms with van der Waals surface area (Å²) in [6, 6.07) is 14.8. The molecule has 0 radical (unpaired) electrons. The zero-order valence-electron chi connectivity index (χ0n) is 17.7. The number of hydrogen-bond acceptors (Lipinski definition) is 5. The first-order valence-corrected chi connectivity index (χ1v) is 11.9. The van der Waals surface area contributed by atoms with Crippen molar-refractivity contribution in [3.8, 4) is 5.75 Å². The van der Waals surface area contributed by atoms with Crippen molar-refractivity contribution in [2.24, 2.45) is 0 Å². The molecule has 1 aliphatic heterocycles. The number of hydrogen-bond donors (Lipinski definition) is 1. The lowest BCUT2D eigenvalue weighted by molar-refractivity contribution is 0.102. The Balaban J connectivity index is 1.55. The number of sulfonamides is 1. The highest BCUT2D eigenvalue weighted by atomic mass is 32.2. The number of amides is 1. The molecule has 0 saturated carbocycles. The highest BCUT2D eigenvalue weighted by Crippen LogP contribution is 2.19. The van der Waals surface area contributed by atoms with Gasteiger partial charge in [0.15, 0.2) is 0 Å². The third-order valence-corrected chi connectivity index (χ3v) is 6.19. The fourth-order valence-electron chi connectivity index (χ4n) is 3.36. The van der Waals surface area contributed by atoms with Gasteiger partial charge in [0.05, 0.1) is 12.4 Å². The highest BCUT2D eigenvalue weighted by Gasteiger charge is 2.23. The van der Waals surface area contributed by atoms with Crippen molar-refractivity contribution in [2.75, 3.05) is 37.8 Å². The van der Waals surface area contributed by atoms with Crippen LogP contribution in [0.3, 0.4) is 0 Å². The predicted octanol–water partition coefficient (Wildman–Crippen LogP) is 2.80. The van der Waals surface area contributed by atoms with Crippen LogP contribution in [0.25, 0.3) is 0 Å². The third-order valence-electron chi connectivity index (χ3n) is 4.89. The van der Waals surface area contributed by atoms with E-state index in [0.717, 1.165) is 12.1 Å². The maximum Gasteiger partial charge on any atom is 0.255 e. The van der Waals surface area contributed by atoms with E-state index in [1.807, 2.05) is 62.4 Å². The molecule has 8 heteroatoms. The molecule has 162 valence electrons. The Morgan fingerprint density at radius 3 is 2.33 bits per heavy atom. The van der Waals surface area contributed by atoms with Crippen LogP contribution in [-0.4, -0.2) is 62.1 Å². The van der Waals surface area contributed by atoms with E-state index in [0.29, 0.717) is 43.2 Å². The molecule has 2 aromatic rings. The Bertz CT molecular complexity index is 966. The number of piperazine rings is 1. The number of carbonyl (C=O) groups excluding carboxylic acids is 1. The average molecular weight is 432 g/mol. The zero-order chi connectivity index (χ0) is 21.7. The number of benzene rings is 2. The second-order valence-corrected chi connectivity index (χ2v) is 9.77. The number of anilines is 1. The Kier molecular flexibility index (Phi) is 7.12. The fourth-order valence-corrected chi connectivity index (χ4v) is 4.19. The third kappa shape index (κ3) is 6.29. The summed E-state index contributed by atoms with van der Waals surface area (Å²) in [6.45, 7) is 7.07. The molecule has 7 nitrogen and oxygen atoms in total. The van der Waals surface area contributed by atoms with Crippen LogP contribution in [0.15, 0.2) is 48.5 Å². The number of nitrogens with one attached hydrogen (secondary N) is 1. The zero-order valence-corrected chi connectivity index (χ0v) is 18.5. The first-order chi connectivity index (χ1) is 14.2. The van der Waals surface area contributed by atoms with E-state index in [4.69, 9.17) is 4.74 Å². The Hall–Kier alpha value is -2.42. The van der Waals surface area contributed by atoms with Crippen molar-refractivity contribution >= 4 is 21.6 Å². The second-order valence-electron chi connectivity index (χ2n) is 7.78. The van der Waals surface area contributed by atoms with Gasteiger partial charge in [-0.25, -0.2) is 8.42 Å². The van der Waals surface area contributed by atoms with Crippen molar-refractivity contribution in [3.63, 3.8) is 0 Å². The van der Waals surface area contributed by atoms with E-state index in [2.05, 4.69) is 10.2 Å². The molecule has 1 saturated heterocycles. The van der Waals surface area contributed by atoms with Gasteiger partial charge in [-0.1, -0.05) is 18.2 Å². The summed E-state index contributed by atoms with van der Waals surface area (Å²) >= 11 is 0. The number of carbonyl (C=O) groups is 1. The van der Waals surface area contributed by atoms with Gasteiger partial charge >= 0.3 is 0 Å². The van der Waals surface area contributed by atoms with Crippen molar-refractivity contribution in [1.82, 2.24) is 9.21 Å². The summed E-state index contributed by atoms with van der Waals surface area (Å²) in [4.78, 5) is 14.8. The molecule has 1 fully saturated rings. The summed E-state index contributed by atoms with van der Waals surface area (Å²) < 4.78 is 30.4. The van der Waals surface area contributed by atoms with Crippen LogP contribution < -0.4 is 10.1 Å². The van der Waals surface area contributed by atoms with Gasteiger partial charge in [-0.05, 0) is 43.7 Å². The molecule has 30 heavy (non-hydrogen) atoms. The lowest BCUT2D eigenvalue weighted by Crippen LogP contribution is -2.47. The van der Waals surface area contributed by atoms with Crippen molar-refractivity contribution in [3.05, 3.63) is 59.7 Å². The number of ether oxygens (including phenoxy) is 1. The smallest absolute Gasteiger partial charge is 0.255 e. The van der Waals surface area contributed by atoms with Gasteiger partial charge in [0.2, 0.25) is 10.0 Å². The quantitative estimate of drug-likeness (QED) is 0.729. The van der Waals surface area contributed by atoms with Gasteiger partial charge in [0.25, 0.3) is 5.91 Å². The summed E-state index contributed by atoms with van der Waals surface area (Å²) in [7, 11) is -3.12. The van der Waals surface area contributed by atoms with Crippen LogP contribution in [0.4, 0.5) is 5.69 Å². The van der Waals surface area contributed by atoms with Gasteiger partial charge < -0.3 is 10.1 Å². The first-order valence-electron chi connectivity index (χ1n) is 10.1. The van der Waals surface area contributed by atoms with Crippen LogP contribution in [0.5, 0.6) is 5.75 Å². The normalized spacial score (nSPS) is 15.9. The van der Waals surface area contributed by atoms with Crippen LogP contribution in [0.1, 0.15) is 29.8 Å². The fraction of sp³-hybridized carbons (Fsp3) is 0.409. The Morgan fingerprint density at radius 2 is 1.73 bits per heavy atom. The molecular formula is C22H29N3O4S. The summed E-state index contributed by atoms with van der Waals surface area (Å²) in [5, 5.41) is 2.90. The standard InChI is InChI=1S/C22H29N3O4S/c1-17(2)29-21-6-4-5-20(15-21)23-22(26)19-9-7-18(8-10-19)16-24-11-13-25(14-12-24)30(3,27)28/h4-10,15,17H,11-14,16H2,1-3H3,(H,23,26). The molecule has 1 aliphatic rings. The Morgan fingerprint density at radius 1 is 1.07 bits per heavy atom. The van der Waals surface area contributed by atoms with E-state index < -0.39 is 10.0 Å². The van der Waals surface area contributed by atoms with Gasteiger partial charge in [0.1, 0.15) is 5.75 Å². The first kappa shape index (κ1) is 22.3. The molecule has 0 atom stereocenters. The molecule has 3 rings (SSSR count). The van der Waals surface area contributed by atoms with Crippen LogP contribution >= 0.6 is 0 Å². The molecule has 1 heterocycles. The van der Waals surface area contributed by atoms with E-state index in [1.54, 1.807) is 0 Å². The molecular weight excluding hydrogens is 402 g/mol. The topological polar surface area (TPSA) is 79.0 Å². The van der Waals surface area contributed by atoms with Crippen molar-refractivity contribution < 1.29 is 17.9 Å². The molecule has 1 N–H and O–H groups in total. The molecule has 0 bridgehead atoms. The van der Waals surface area contributed by atoms with Gasteiger partial charge in [-0.3, -0.25) is 9.69 Å². The van der Waals surface area contributed by atoms with Crippen molar-refractivity contribution in [1.29, 1.82) is 0 Å². The second kappa shape index (κ2) is 9.59. The van der Waals surface area contributed by atoms with Gasteiger partial charge in [-0.15, -0.1) is 0 Å². The highest BCUT2D eigenvalue weighted by molar-refractivity contribution is 7.88. The molecule has 0 aromatic heterocycles. The molecule has 2 aromatic carbocycles. The summed E-state index contributed by atoms with van der Waals surface area (Å²) in [5.41, 5.74) is 2.36. The summed E-state index contributed by atoms with van der Waals surface area (Å²) in [5.74, 6) is 0.541. The van der Waals surface area contributed by atoms with Crippen LogP contribution in [0, 0.1) is 0 Å². The van der Waals surface area contributed by atoms with Gasteiger partial charge in [-0.2, -0.15) is 4.31 Å². The SMILES string of the molecule is CC(C)Oc1cccc(NC(=O)c2ccc(CN3CCN(S(C)(=O)=O)CC3)cc2)c1. The van der Waals surface area contributed by atoms with E-state index in [-0.39, 0.29) is 12.0 Å². The molecule has 0 aliphatic carbocycles. The minimum absolute atomic E-state index is 0.0675. The maximum atomic E-state index is 12.6. The van der Waals surface area contributed by atoms with E-state index >= 15 is 0 Å². The van der Waals surface area contributed by atoms with Crippen molar-refractivity contribution in [2.45, 2.75) is 26.5 Å². The van der Waals surface area contributed by atoms with Crippen LogP contribution in [-0.2, 0) is 16.6 Å². The van der Waals surface area contributed by atoms with E-state index in [1.165, 1.54) is 10.6 Å². The average Bonchev–Trinajstić information content (AvgIpc) is 2.68. The minimum Gasteiger partial charge on any atom is -0.491 e. The largest absolute Gasteiger partial charge is 0.491 e. The number of rotatable bonds is 7. The Labute approximate surface area is 178 Å². The lowest BCUT2D eigenvalue weighted by atomic mass is 10.1. The van der Waals surface area contributed by atoms with Crippen LogP contribution in [0.2, 0.25) is 0 Å². The monoisotopic (exact) mass is 431 g/mol. The predicted molar refractivity (Wildman–Crippen MR) is 118 cm³/mol. The summed E-state index contributed by atoms with van der Waals surface area (Å²) in [6.07, 6.45) is 1.32. The van der Waals surface area contributed by atoms with Gasteiger partial charge in [0, 0.05) is 50.0 Å². The molecule has 1 amide bonds. The minimum atomic E-state index is -3.12. The van der Waals surface area contributed by atoms with E-state index in [9.17, 15) is 13.2 Å². The molecule has 0 spiro atoms. The number of nitrogens with zero attached hydrogens (tertiary/aromatic N) is 2. The maximum absolute atomic E-state index is 12.6. The lowest BCUT2D eigenvalue weighted by Gasteiger charge is -2.33. The molecule has 0 unspecified atom stereocenters.